The van der Waals surface area contributed by atoms with Crippen LogP contribution in [0, 0.1) is 0 Å². The second-order valence-corrected chi connectivity index (χ2v) is 2.79. The summed E-state index contributed by atoms with van der Waals surface area (Å²) in [5, 5.41) is 3.22. The van der Waals surface area contributed by atoms with E-state index in [-0.39, 0.29) is 0 Å². The molecule has 2 aromatic rings. The fraction of sp³-hybridized carbons (Fsp3) is 0.100. The molecule has 0 aliphatic heterocycles. The zero-order valence-electron chi connectivity index (χ0n) is 7.20. The Bertz CT molecular complexity index is 340. The molecule has 66 valence electrons. The van der Waals surface area contributed by atoms with Gasteiger partial charge in [-0.3, -0.25) is 0 Å². The third-order valence-electron chi connectivity index (χ3n) is 1.80. The Balaban J connectivity index is 1.94. The van der Waals surface area contributed by atoms with Crippen molar-refractivity contribution in [3.05, 3.63) is 48.4 Å². The molecule has 0 bridgehead atoms. The van der Waals surface area contributed by atoms with E-state index in [0.717, 1.165) is 12.4 Å². The van der Waals surface area contributed by atoms with Crippen LogP contribution >= 0.6 is 0 Å². The molecule has 2 N–H and O–H groups in total. The third-order valence-corrected chi connectivity index (χ3v) is 1.80. The number of anilines is 1. The lowest BCUT2D eigenvalue weighted by molar-refractivity contribution is 1.11. The van der Waals surface area contributed by atoms with Crippen LogP contribution in [0.5, 0.6) is 0 Å². The van der Waals surface area contributed by atoms with Gasteiger partial charge in [-0.25, -0.2) is 4.98 Å². The van der Waals surface area contributed by atoms with Crippen molar-refractivity contribution in [3.8, 4) is 0 Å². The summed E-state index contributed by atoms with van der Waals surface area (Å²) in [4.78, 5) is 7.16. The molecule has 0 amide bonds. The highest BCUT2D eigenvalue weighted by Gasteiger charge is 1.92. The number of aromatic nitrogens is 2. The molecule has 2 aromatic heterocycles. The summed E-state index contributed by atoms with van der Waals surface area (Å²) >= 11 is 0. The second-order valence-electron chi connectivity index (χ2n) is 2.79. The van der Waals surface area contributed by atoms with E-state index >= 15 is 0 Å². The smallest absolute Gasteiger partial charge is 0.126 e. The predicted octanol–water partition coefficient (Wildman–Crippen LogP) is 2.02. The predicted molar refractivity (Wildman–Crippen MR) is 52.4 cm³/mol. The Labute approximate surface area is 76.8 Å². The van der Waals surface area contributed by atoms with Gasteiger partial charge in [0.25, 0.3) is 0 Å². The molecule has 0 aliphatic carbocycles. The summed E-state index contributed by atoms with van der Waals surface area (Å²) in [6.07, 6.45) is 5.66. The van der Waals surface area contributed by atoms with Crippen molar-refractivity contribution in [2.24, 2.45) is 0 Å². The summed E-state index contributed by atoms with van der Waals surface area (Å²) < 4.78 is 0. The first-order valence-corrected chi connectivity index (χ1v) is 4.22. The quantitative estimate of drug-likeness (QED) is 0.745. The monoisotopic (exact) mass is 173 g/mol. The van der Waals surface area contributed by atoms with Crippen LogP contribution < -0.4 is 5.32 Å². The Morgan fingerprint density at radius 2 is 2.31 bits per heavy atom. The topological polar surface area (TPSA) is 40.7 Å². The van der Waals surface area contributed by atoms with Gasteiger partial charge in [0.1, 0.15) is 5.82 Å². The average molecular weight is 173 g/mol. The van der Waals surface area contributed by atoms with Crippen LogP contribution in [0.4, 0.5) is 5.82 Å². The zero-order chi connectivity index (χ0) is 8.93. The molecule has 2 heterocycles. The van der Waals surface area contributed by atoms with Gasteiger partial charge in [-0.2, -0.15) is 0 Å². The lowest BCUT2D eigenvalue weighted by atomic mass is 10.3. The molecule has 3 heteroatoms. The lowest BCUT2D eigenvalue weighted by Crippen LogP contribution is -1.99. The summed E-state index contributed by atoms with van der Waals surface area (Å²) in [5.74, 6) is 0.906. The first-order valence-electron chi connectivity index (χ1n) is 4.22. The third kappa shape index (κ3) is 2.08. The van der Waals surface area contributed by atoms with E-state index in [1.165, 1.54) is 5.56 Å². The van der Waals surface area contributed by atoms with E-state index in [4.69, 9.17) is 0 Å². The molecule has 3 nitrogen and oxygen atoms in total. The highest BCUT2D eigenvalue weighted by atomic mass is 15.0. The van der Waals surface area contributed by atoms with Crippen molar-refractivity contribution >= 4 is 5.82 Å². The fourth-order valence-electron chi connectivity index (χ4n) is 1.13. The number of H-pyrrole nitrogens is 1. The molecule has 0 saturated carbocycles. The van der Waals surface area contributed by atoms with Crippen molar-refractivity contribution < 1.29 is 0 Å². The Morgan fingerprint density at radius 1 is 1.31 bits per heavy atom. The summed E-state index contributed by atoms with van der Waals surface area (Å²) in [6, 6.07) is 7.86. The van der Waals surface area contributed by atoms with E-state index in [2.05, 4.69) is 15.3 Å². The number of hydrogen-bond acceptors (Lipinski definition) is 2. The lowest BCUT2D eigenvalue weighted by Gasteiger charge is -2.02. The first-order chi connectivity index (χ1) is 6.45. The van der Waals surface area contributed by atoms with E-state index in [1.807, 2.05) is 36.7 Å². The minimum Gasteiger partial charge on any atom is -0.367 e. The van der Waals surface area contributed by atoms with E-state index in [9.17, 15) is 0 Å². The molecule has 0 unspecified atom stereocenters. The molecular weight excluding hydrogens is 162 g/mol. The molecule has 0 radical (unpaired) electrons. The Morgan fingerprint density at radius 3 is 3.00 bits per heavy atom. The summed E-state index contributed by atoms with van der Waals surface area (Å²) in [6.45, 7) is 0.806. The molecular formula is C10H11N3. The number of nitrogens with zero attached hydrogens (tertiary/aromatic N) is 1. The summed E-state index contributed by atoms with van der Waals surface area (Å²) in [5.41, 5.74) is 1.23. The van der Waals surface area contributed by atoms with Crippen LogP contribution in [0.2, 0.25) is 0 Å². The van der Waals surface area contributed by atoms with Crippen LogP contribution in [-0.2, 0) is 6.54 Å². The zero-order valence-corrected chi connectivity index (χ0v) is 7.20. The molecule has 0 saturated heterocycles. The second kappa shape index (κ2) is 3.76. The standard InChI is InChI=1S/C10H11N3/c1-2-5-12-10(3-1)13-8-9-4-6-11-7-9/h1-7,11H,8H2,(H,12,13). The Hall–Kier alpha value is -1.77. The van der Waals surface area contributed by atoms with Gasteiger partial charge < -0.3 is 10.3 Å². The fourth-order valence-corrected chi connectivity index (χ4v) is 1.13. The van der Waals surface area contributed by atoms with Gasteiger partial charge in [-0.15, -0.1) is 0 Å². The largest absolute Gasteiger partial charge is 0.367 e. The minimum absolute atomic E-state index is 0.806. The van der Waals surface area contributed by atoms with Gasteiger partial charge in [-0.1, -0.05) is 6.07 Å². The molecule has 0 aliphatic rings. The van der Waals surface area contributed by atoms with Gasteiger partial charge in [0.2, 0.25) is 0 Å². The SMILES string of the molecule is c1ccc(NCc2cc[nH]c2)nc1. The molecule has 0 aromatic carbocycles. The average Bonchev–Trinajstić information content (AvgIpc) is 2.69. The molecule has 2 rings (SSSR count). The number of pyridine rings is 1. The highest BCUT2D eigenvalue weighted by Crippen LogP contribution is 2.03. The van der Waals surface area contributed by atoms with Gasteiger partial charge in [0.05, 0.1) is 0 Å². The van der Waals surface area contributed by atoms with E-state index < -0.39 is 0 Å². The molecule has 0 atom stereocenters. The maximum atomic E-state index is 4.16. The van der Waals surface area contributed by atoms with Crippen molar-refractivity contribution in [2.75, 3.05) is 5.32 Å². The van der Waals surface area contributed by atoms with E-state index in [0.29, 0.717) is 0 Å². The van der Waals surface area contributed by atoms with Crippen molar-refractivity contribution in [2.45, 2.75) is 6.54 Å². The normalized spacial score (nSPS) is 9.85. The maximum Gasteiger partial charge on any atom is 0.126 e. The van der Waals surface area contributed by atoms with Crippen molar-refractivity contribution in [1.82, 2.24) is 9.97 Å². The van der Waals surface area contributed by atoms with Crippen LogP contribution in [0.1, 0.15) is 5.56 Å². The molecule has 0 fully saturated rings. The van der Waals surface area contributed by atoms with Gasteiger partial charge in [0.15, 0.2) is 0 Å². The number of aromatic amines is 1. The van der Waals surface area contributed by atoms with Gasteiger partial charge >= 0.3 is 0 Å². The number of nitrogens with one attached hydrogen (secondary N) is 2. The van der Waals surface area contributed by atoms with Crippen LogP contribution in [-0.4, -0.2) is 9.97 Å². The minimum atomic E-state index is 0.806. The first kappa shape index (κ1) is 7.86. The number of hydrogen-bond donors (Lipinski definition) is 2. The van der Waals surface area contributed by atoms with E-state index in [1.54, 1.807) is 6.20 Å². The molecule has 13 heavy (non-hydrogen) atoms. The summed E-state index contributed by atoms with van der Waals surface area (Å²) in [7, 11) is 0. The van der Waals surface area contributed by atoms with Gasteiger partial charge in [-0.05, 0) is 23.8 Å². The Kier molecular flexibility index (Phi) is 2.27. The van der Waals surface area contributed by atoms with Gasteiger partial charge in [0, 0.05) is 25.1 Å². The highest BCUT2D eigenvalue weighted by molar-refractivity contribution is 5.34. The van der Waals surface area contributed by atoms with Crippen LogP contribution in [0.3, 0.4) is 0 Å². The maximum absolute atomic E-state index is 4.16. The number of rotatable bonds is 3. The molecule has 0 spiro atoms. The van der Waals surface area contributed by atoms with Crippen LogP contribution in [0.15, 0.2) is 42.9 Å². The van der Waals surface area contributed by atoms with Crippen LogP contribution in [0.25, 0.3) is 0 Å². The van der Waals surface area contributed by atoms with Crippen molar-refractivity contribution in [1.29, 1.82) is 0 Å². The van der Waals surface area contributed by atoms with Crippen molar-refractivity contribution in [3.63, 3.8) is 0 Å².